The molecule has 2 aromatic rings. The Balaban J connectivity index is 2.05. The zero-order valence-electron chi connectivity index (χ0n) is 9.85. The molecule has 3 rings (SSSR count). The summed E-state index contributed by atoms with van der Waals surface area (Å²) in [4.78, 5) is 0. The molecule has 0 unspecified atom stereocenters. The maximum absolute atomic E-state index is 12.8. The minimum atomic E-state index is -4.47. The lowest BCUT2D eigenvalue weighted by molar-refractivity contribution is -0.147. The van der Waals surface area contributed by atoms with E-state index in [1.807, 2.05) is 30.3 Å². The standard InChI is InChI=1S/C12H11F3N4/c13-12(14,15)11-18-17-10-9(16-6-7-19(10)11)8-4-2-1-3-5-8/h1-5,9,16H,6-7H2/t9-/m1/s1. The minimum Gasteiger partial charge on any atom is -0.304 e. The van der Waals surface area contributed by atoms with Gasteiger partial charge < -0.3 is 9.88 Å². The molecule has 0 aliphatic carbocycles. The lowest BCUT2D eigenvalue weighted by Crippen LogP contribution is -2.35. The summed E-state index contributed by atoms with van der Waals surface area (Å²) in [5.41, 5.74) is 0.879. The highest BCUT2D eigenvalue weighted by Gasteiger charge is 2.40. The van der Waals surface area contributed by atoms with Crippen LogP contribution in [0.2, 0.25) is 0 Å². The molecule has 7 heteroatoms. The molecule has 1 aliphatic rings. The number of fused-ring (bicyclic) bond motifs is 1. The van der Waals surface area contributed by atoms with Crippen LogP contribution in [0.1, 0.15) is 23.3 Å². The summed E-state index contributed by atoms with van der Waals surface area (Å²) in [6.45, 7) is 0.675. The van der Waals surface area contributed by atoms with Gasteiger partial charge in [0.1, 0.15) is 0 Å². The van der Waals surface area contributed by atoms with Crippen LogP contribution in [0.3, 0.4) is 0 Å². The molecular weight excluding hydrogens is 257 g/mol. The Morgan fingerprint density at radius 2 is 1.89 bits per heavy atom. The summed E-state index contributed by atoms with van der Waals surface area (Å²) >= 11 is 0. The summed E-state index contributed by atoms with van der Waals surface area (Å²) < 4.78 is 39.5. The first-order valence-corrected chi connectivity index (χ1v) is 5.86. The van der Waals surface area contributed by atoms with E-state index >= 15 is 0 Å². The van der Waals surface area contributed by atoms with Gasteiger partial charge in [-0.1, -0.05) is 30.3 Å². The molecule has 1 N–H and O–H groups in total. The third-order valence-corrected chi connectivity index (χ3v) is 3.11. The highest BCUT2D eigenvalue weighted by atomic mass is 19.4. The Labute approximate surface area is 107 Å². The monoisotopic (exact) mass is 268 g/mol. The van der Waals surface area contributed by atoms with Gasteiger partial charge in [0.15, 0.2) is 5.82 Å². The van der Waals surface area contributed by atoms with Gasteiger partial charge >= 0.3 is 6.18 Å². The van der Waals surface area contributed by atoms with Gasteiger partial charge in [-0.05, 0) is 5.56 Å². The van der Waals surface area contributed by atoms with E-state index in [0.717, 1.165) is 10.1 Å². The van der Waals surface area contributed by atoms with Gasteiger partial charge in [-0.25, -0.2) is 0 Å². The predicted molar refractivity (Wildman–Crippen MR) is 61.3 cm³/mol. The lowest BCUT2D eigenvalue weighted by atomic mass is 10.1. The second-order valence-corrected chi connectivity index (χ2v) is 4.33. The first-order chi connectivity index (χ1) is 9.07. The van der Waals surface area contributed by atoms with Gasteiger partial charge in [0.2, 0.25) is 5.82 Å². The third kappa shape index (κ3) is 2.10. The first-order valence-electron chi connectivity index (χ1n) is 5.86. The number of benzene rings is 1. The highest BCUT2D eigenvalue weighted by molar-refractivity contribution is 5.26. The molecule has 19 heavy (non-hydrogen) atoms. The van der Waals surface area contributed by atoms with Gasteiger partial charge in [0.25, 0.3) is 0 Å². The highest BCUT2D eigenvalue weighted by Crippen LogP contribution is 2.31. The van der Waals surface area contributed by atoms with Crippen LogP contribution in [0.4, 0.5) is 13.2 Å². The summed E-state index contributed by atoms with van der Waals surface area (Å²) in [6.07, 6.45) is -4.47. The second-order valence-electron chi connectivity index (χ2n) is 4.33. The molecule has 0 fully saturated rings. The van der Waals surface area contributed by atoms with Crippen molar-refractivity contribution < 1.29 is 13.2 Å². The van der Waals surface area contributed by atoms with Crippen molar-refractivity contribution in [2.45, 2.75) is 18.8 Å². The Hall–Kier alpha value is -1.89. The summed E-state index contributed by atoms with van der Waals surface area (Å²) in [5, 5.41) is 10.2. The molecule has 2 heterocycles. The van der Waals surface area contributed by atoms with Crippen LogP contribution < -0.4 is 5.32 Å². The van der Waals surface area contributed by atoms with Gasteiger partial charge in [0, 0.05) is 13.1 Å². The maximum Gasteiger partial charge on any atom is 0.451 e. The van der Waals surface area contributed by atoms with Crippen LogP contribution in [0.15, 0.2) is 30.3 Å². The minimum absolute atomic E-state index is 0.223. The van der Waals surface area contributed by atoms with Gasteiger partial charge in [-0.15, -0.1) is 10.2 Å². The number of aromatic nitrogens is 3. The molecule has 0 radical (unpaired) electrons. The fourth-order valence-electron chi connectivity index (χ4n) is 2.28. The van der Waals surface area contributed by atoms with Gasteiger partial charge in [-0.3, -0.25) is 0 Å². The van der Waals surface area contributed by atoms with Crippen LogP contribution in [0, 0.1) is 0 Å². The quantitative estimate of drug-likeness (QED) is 0.860. The molecule has 0 bridgehead atoms. The van der Waals surface area contributed by atoms with Crippen molar-refractivity contribution in [1.82, 2.24) is 20.1 Å². The Morgan fingerprint density at radius 1 is 1.16 bits per heavy atom. The van der Waals surface area contributed by atoms with Crippen molar-refractivity contribution >= 4 is 0 Å². The number of nitrogens with one attached hydrogen (secondary N) is 1. The molecule has 0 saturated carbocycles. The lowest BCUT2D eigenvalue weighted by Gasteiger charge is -2.25. The molecule has 0 amide bonds. The molecule has 4 nitrogen and oxygen atoms in total. The Bertz CT molecular complexity index is 576. The van der Waals surface area contributed by atoms with E-state index in [4.69, 9.17) is 0 Å². The van der Waals surface area contributed by atoms with E-state index < -0.39 is 12.0 Å². The van der Waals surface area contributed by atoms with Crippen LogP contribution >= 0.6 is 0 Å². The Morgan fingerprint density at radius 3 is 2.58 bits per heavy atom. The normalized spacial score (nSPS) is 19.2. The van der Waals surface area contributed by atoms with Crippen LogP contribution in [-0.2, 0) is 12.7 Å². The smallest absolute Gasteiger partial charge is 0.304 e. The summed E-state index contributed by atoms with van der Waals surface area (Å²) in [6, 6.07) is 8.91. The van der Waals surface area contributed by atoms with E-state index in [1.54, 1.807) is 0 Å². The average Bonchev–Trinajstić information content (AvgIpc) is 2.83. The number of nitrogens with zero attached hydrogens (tertiary/aromatic N) is 3. The van der Waals surface area contributed by atoms with E-state index in [-0.39, 0.29) is 12.6 Å². The SMILES string of the molecule is FC(F)(F)c1nnc2n1CCN[C@@H]2c1ccccc1. The largest absolute Gasteiger partial charge is 0.451 e. The van der Waals surface area contributed by atoms with Crippen LogP contribution in [-0.4, -0.2) is 21.3 Å². The number of halogens is 3. The molecule has 0 saturated heterocycles. The van der Waals surface area contributed by atoms with Gasteiger partial charge in [-0.2, -0.15) is 13.2 Å². The Kier molecular flexibility index (Phi) is 2.78. The van der Waals surface area contributed by atoms with E-state index in [9.17, 15) is 13.2 Å². The average molecular weight is 268 g/mol. The van der Waals surface area contributed by atoms with Crippen molar-refractivity contribution in [3.05, 3.63) is 47.5 Å². The number of hydrogen-bond donors (Lipinski definition) is 1. The predicted octanol–water partition coefficient (Wildman–Crippen LogP) is 1.99. The van der Waals surface area contributed by atoms with E-state index in [1.165, 1.54) is 0 Å². The first kappa shape index (κ1) is 12.2. The fourth-order valence-corrected chi connectivity index (χ4v) is 2.28. The van der Waals surface area contributed by atoms with Crippen molar-refractivity contribution in [1.29, 1.82) is 0 Å². The molecule has 100 valence electrons. The number of rotatable bonds is 1. The fraction of sp³-hybridized carbons (Fsp3) is 0.333. The molecular formula is C12H11F3N4. The van der Waals surface area contributed by atoms with Crippen molar-refractivity contribution in [3.63, 3.8) is 0 Å². The zero-order valence-corrected chi connectivity index (χ0v) is 9.85. The number of alkyl halides is 3. The van der Waals surface area contributed by atoms with Crippen LogP contribution in [0.25, 0.3) is 0 Å². The molecule has 1 aromatic carbocycles. The molecule has 1 atom stereocenters. The molecule has 1 aromatic heterocycles. The second kappa shape index (κ2) is 4.34. The van der Waals surface area contributed by atoms with Crippen LogP contribution in [0.5, 0.6) is 0 Å². The summed E-state index contributed by atoms with van der Waals surface area (Å²) in [5.74, 6) is -0.616. The van der Waals surface area contributed by atoms with Crippen molar-refractivity contribution in [2.24, 2.45) is 0 Å². The summed E-state index contributed by atoms with van der Waals surface area (Å²) in [7, 11) is 0. The maximum atomic E-state index is 12.8. The van der Waals surface area contributed by atoms with Crippen molar-refractivity contribution in [3.8, 4) is 0 Å². The van der Waals surface area contributed by atoms with Crippen molar-refractivity contribution in [2.75, 3.05) is 6.54 Å². The third-order valence-electron chi connectivity index (χ3n) is 3.11. The zero-order chi connectivity index (χ0) is 13.5. The molecule has 1 aliphatic heterocycles. The topological polar surface area (TPSA) is 42.7 Å². The van der Waals surface area contributed by atoms with E-state index in [2.05, 4.69) is 15.5 Å². The van der Waals surface area contributed by atoms with E-state index in [0.29, 0.717) is 12.4 Å². The number of hydrogen-bond acceptors (Lipinski definition) is 3. The molecule has 0 spiro atoms. The van der Waals surface area contributed by atoms with Gasteiger partial charge in [0.05, 0.1) is 6.04 Å².